The highest BCUT2D eigenvalue weighted by atomic mass is 32.1. The number of nitrogens with one attached hydrogen (secondary N) is 2. The summed E-state index contributed by atoms with van der Waals surface area (Å²) in [5.74, 6) is -0.588. The fourth-order valence-corrected chi connectivity index (χ4v) is 4.21. The topological polar surface area (TPSA) is 89.5 Å². The predicted octanol–water partition coefficient (Wildman–Crippen LogP) is 4.87. The summed E-state index contributed by atoms with van der Waals surface area (Å²) in [5.41, 5.74) is 4.02. The number of nitrogens with zero attached hydrogens (tertiary/aromatic N) is 1. The maximum Gasteiger partial charge on any atom is 0.314 e. The van der Waals surface area contributed by atoms with Gasteiger partial charge < -0.3 is 20.1 Å². The highest BCUT2D eigenvalue weighted by Crippen LogP contribution is 2.32. The number of hydrogen-bond acceptors (Lipinski definition) is 6. The van der Waals surface area contributed by atoms with Gasteiger partial charge in [0, 0.05) is 23.0 Å². The molecule has 162 valence electrons. The number of ether oxygens (including phenoxy) is 2. The third-order valence-corrected chi connectivity index (χ3v) is 5.85. The zero-order valence-corrected chi connectivity index (χ0v) is 18.6. The second-order valence-corrected chi connectivity index (χ2v) is 8.08. The number of anilines is 2. The predicted molar refractivity (Wildman–Crippen MR) is 127 cm³/mol. The van der Waals surface area contributed by atoms with E-state index in [-0.39, 0.29) is 0 Å². The second kappa shape index (κ2) is 9.07. The maximum absolute atomic E-state index is 12.3. The van der Waals surface area contributed by atoms with E-state index in [9.17, 15) is 9.59 Å². The van der Waals surface area contributed by atoms with Crippen LogP contribution in [0.1, 0.15) is 5.56 Å². The Morgan fingerprint density at radius 1 is 0.812 bits per heavy atom. The van der Waals surface area contributed by atoms with E-state index < -0.39 is 11.8 Å². The molecule has 1 aromatic heterocycles. The Morgan fingerprint density at radius 2 is 1.47 bits per heavy atom. The van der Waals surface area contributed by atoms with Crippen molar-refractivity contribution in [1.82, 2.24) is 4.98 Å². The van der Waals surface area contributed by atoms with E-state index in [2.05, 4.69) is 28.6 Å². The van der Waals surface area contributed by atoms with Gasteiger partial charge >= 0.3 is 11.8 Å². The van der Waals surface area contributed by atoms with Gasteiger partial charge in [0.2, 0.25) is 0 Å². The van der Waals surface area contributed by atoms with Crippen molar-refractivity contribution >= 4 is 44.7 Å². The fourth-order valence-electron chi connectivity index (χ4n) is 3.14. The minimum absolute atomic E-state index is 0.421. The summed E-state index contributed by atoms with van der Waals surface area (Å²) in [6.07, 6.45) is 0. The third-order valence-electron chi connectivity index (χ3n) is 4.78. The molecule has 0 spiro atoms. The second-order valence-electron chi connectivity index (χ2n) is 7.05. The van der Waals surface area contributed by atoms with E-state index in [0.717, 1.165) is 20.8 Å². The number of amides is 2. The highest BCUT2D eigenvalue weighted by molar-refractivity contribution is 7.21. The number of benzene rings is 3. The summed E-state index contributed by atoms with van der Waals surface area (Å²) in [6, 6.07) is 18.2. The number of hydrogen-bond donors (Lipinski definition) is 2. The summed E-state index contributed by atoms with van der Waals surface area (Å²) in [6.45, 7) is 2.05. The number of methoxy groups -OCH3 is 2. The van der Waals surface area contributed by atoms with Crippen LogP contribution in [0, 0.1) is 6.92 Å². The van der Waals surface area contributed by atoms with Crippen molar-refractivity contribution < 1.29 is 19.1 Å². The first-order chi connectivity index (χ1) is 15.5. The molecule has 0 aliphatic carbocycles. The molecule has 0 fully saturated rings. The van der Waals surface area contributed by atoms with Gasteiger partial charge in [0.05, 0.1) is 24.4 Å². The van der Waals surface area contributed by atoms with Gasteiger partial charge in [0.25, 0.3) is 0 Å². The summed E-state index contributed by atoms with van der Waals surface area (Å²) in [5, 5.41) is 6.05. The SMILES string of the molecule is COc1ccc(NC(=O)C(=O)Nc2ccc(-c3nc4ccc(C)cc4s3)cc2)cc1OC. The molecule has 2 N–H and O–H groups in total. The van der Waals surface area contributed by atoms with Crippen LogP contribution in [0.15, 0.2) is 60.7 Å². The number of aromatic nitrogens is 1. The smallest absolute Gasteiger partial charge is 0.314 e. The Hall–Kier alpha value is -3.91. The first-order valence-electron chi connectivity index (χ1n) is 9.79. The van der Waals surface area contributed by atoms with E-state index in [1.165, 1.54) is 19.8 Å². The molecular formula is C24H21N3O4S. The lowest BCUT2D eigenvalue weighted by molar-refractivity contribution is -0.132. The minimum atomic E-state index is -0.789. The van der Waals surface area contributed by atoms with Crippen molar-refractivity contribution in [1.29, 1.82) is 0 Å². The van der Waals surface area contributed by atoms with Crippen LogP contribution in [0.25, 0.3) is 20.8 Å². The van der Waals surface area contributed by atoms with E-state index in [1.807, 2.05) is 24.3 Å². The number of aryl methyl sites for hydroxylation is 1. The number of rotatable bonds is 5. The van der Waals surface area contributed by atoms with Crippen molar-refractivity contribution in [2.45, 2.75) is 6.92 Å². The Kier molecular flexibility index (Phi) is 6.04. The van der Waals surface area contributed by atoms with E-state index in [0.29, 0.717) is 22.9 Å². The molecule has 0 aliphatic rings. The molecule has 0 radical (unpaired) electrons. The molecular weight excluding hydrogens is 426 g/mol. The van der Waals surface area contributed by atoms with Crippen LogP contribution >= 0.6 is 11.3 Å². The van der Waals surface area contributed by atoms with Crippen LogP contribution < -0.4 is 20.1 Å². The largest absolute Gasteiger partial charge is 0.493 e. The quantitative estimate of drug-likeness (QED) is 0.426. The average Bonchev–Trinajstić information content (AvgIpc) is 3.22. The molecule has 0 atom stereocenters. The number of carbonyl (C=O) groups is 2. The summed E-state index contributed by atoms with van der Waals surface area (Å²) >= 11 is 1.61. The Bertz CT molecular complexity index is 1300. The fraction of sp³-hybridized carbons (Fsp3) is 0.125. The van der Waals surface area contributed by atoms with Gasteiger partial charge in [0.1, 0.15) is 5.01 Å². The van der Waals surface area contributed by atoms with Crippen LogP contribution in [0.2, 0.25) is 0 Å². The lowest BCUT2D eigenvalue weighted by Gasteiger charge is -2.10. The molecule has 0 saturated carbocycles. The standard InChI is InChI=1S/C24H21N3O4S/c1-14-4-10-18-21(12-14)32-24(27-18)15-5-7-16(8-6-15)25-22(28)23(29)26-17-9-11-19(30-2)20(13-17)31-3/h4-13H,1-3H3,(H,25,28)(H,26,29). The van der Waals surface area contributed by atoms with Crippen molar-refractivity contribution in [3.8, 4) is 22.1 Å². The number of carbonyl (C=O) groups excluding carboxylic acids is 2. The third kappa shape index (κ3) is 4.55. The van der Waals surface area contributed by atoms with Crippen LogP contribution in [-0.2, 0) is 9.59 Å². The van der Waals surface area contributed by atoms with Crippen LogP contribution in [0.4, 0.5) is 11.4 Å². The van der Waals surface area contributed by atoms with Gasteiger partial charge in [-0.25, -0.2) is 4.98 Å². The highest BCUT2D eigenvalue weighted by Gasteiger charge is 2.16. The zero-order valence-electron chi connectivity index (χ0n) is 17.8. The Morgan fingerprint density at radius 3 is 2.16 bits per heavy atom. The molecule has 1 heterocycles. The minimum Gasteiger partial charge on any atom is -0.493 e. The van der Waals surface area contributed by atoms with Gasteiger partial charge in [0.15, 0.2) is 11.5 Å². The van der Waals surface area contributed by atoms with E-state index in [4.69, 9.17) is 9.47 Å². The van der Waals surface area contributed by atoms with Gasteiger partial charge in [-0.2, -0.15) is 0 Å². The number of thiazole rings is 1. The first-order valence-corrected chi connectivity index (χ1v) is 10.6. The van der Waals surface area contributed by atoms with E-state index >= 15 is 0 Å². The van der Waals surface area contributed by atoms with Gasteiger partial charge in [-0.3, -0.25) is 9.59 Å². The molecule has 32 heavy (non-hydrogen) atoms. The van der Waals surface area contributed by atoms with Gasteiger partial charge in [-0.15, -0.1) is 11.3 Å². The molecule has 0 unspecified atom stereocenters. The lowest BCUT2D eigenvalue weighted by Crippen LogP contribution is -2.29. The Balaban J connectivity index is 1.42. The molecule has 4 rings (SSSR count). The summed E-state index contributed by atoms with van der Waals surface area (Å²) < 4.78 is 11.5. The number of fused-ring (bicyclic) bond motifs is 1. The van der Waals surface area contributed by atoms with Crippen molar-refractivity contribution in [3.63, 3.8) is 0 Å². The molecule has 2 amide bonds. The normalized spacial score (nSPS) is 10.6. The molecule has 0 bridgehead atoms. The van der Waals surface area contributed by atoms with Crippen LogP contribution in [0.5, 0.6) is 11.5 Å². The van der Waals surface area contributed by atoms with Crippen molar-refractivity contribution in [2.24, 2.45) is 0 Å². The summed E-state index contributed by atoms with van der Waals surface area (Å²) in [7, 11) is 3.02. The molecule has 0 saturated heterocycles. The molecule has 0 aliphatic heterocycles. The molecule has 7 nitrogen and oxygen atoms in total. The summed E-state index contributed by atoms with van der Waals surface area (Å²) in [4.78, 5) is 29.3. The van der Waals surface area contributed by atoms with Gasteiger partial charge in [-0.1, -0.05) is 6.07 Å². The van der Waals surface area contributed by atoms with Crippen molar-refractivity contribution in [3.05, 3.63) is 66.2 Å². The van der Waals surface area contributed by atoms with Crippen LogP contribution in [0.3, 0.4) is 0 Å². The monoisotopic (exact) mass is 447 g/mol. The van der Waals surface area contributed by atoms with Crippen LogP contribution in [-0.4, -0.2) is 31.0 Å². The van der Waals surface area contributed by atoms with Gasteiger partial charge in [-0.05, 0) is 61.0 Å². The maximum atomic E-state index is 12.3. The van der Waals surface area contributed by atoms with Crippen molar-refractivity contribution in [2.75, 3.05) is 24.9 Å². The molecule has 3 aromatic carbocycles. The van der Waals surface area contributed by atoms with E-state index in [1.54, 1.807) is 41.7 Å². The zero-order chi connectivity index (χ0) is 22.7. The lowest BCUT2D eigenvalue weighted by atomic mass is 10.2. The first kappa shape index (κ1) is 21.3. The Labute approximate surface area is 189 Å². The molecule has 8 heteroatoms. The molecule has 4 aromatic rings. The average molecular weight is 448 g/mol.